The molecule has 3 N–H and O–H groups in total. The van der Waals surface area contributed by atoms with E-state index in [4.69, 9.17) is 10.2 Å². The molecule has 1 fully saturated rings. The van der Waals surface area contributed by atoms with Crippen LogP contribution in [-0.4, -0.2) is 34.1 Å². The van der Waals surface area contributed by atoms with Crippen LogP contribution in [0.4, 0.5) is 0 Å². The van der Waals surface area contributed by atoms with Gasteiger partial charge < -0.3 is 15.5 Å². The predicted octanol–water partition coefficient (Wildman–Crippen LogP) is 1.78. The number of hydrogen-bond donors (Lipinski definition) is 3. The van der Waals surface area contributed by atoms with E-state index >= 15 is 0 Å². The maximum atomic E-state index is 12.1. The van der Waals surface area contributed by atoms with Gasteiger partial charge in [0.2, 0.25) is 5.91 Å². The number of hydrogen-bond acceptors (Lipinski definition) is 3. The molecule has 1 unspecified atom stereocenters. The molecule has 114 valence electrons. The van der Waals surface area contributed by atoms with Gasteiger partial charge in [-0.1, -0.05) is 32.1 Å². The molecule has 6 nitrogen and oxygen atoms in total. The molecule has 1 atom stereocenters. The van der Waals surface area contributed by atoms with Crippen LogP contribution in [0.2, 0.25) is 0 Å². The van der Waals surface area contributed by atoms with Crippen molar-refractivity contribution in [3.63, 3.8) is 0 Å². The lowest BCUT2D eigenvalue weighted by Gasteiger charge is -2.21. The molecule has 0 bridgehead atoms. The Morgan fingerprint density at radius 2 is 1.55 bits per heavy atom. The molecule has 1 aliphatic carbocycles. The Kier molecular flexibility index (Phi) is 7.04. The fourth-order valence-electron chi connectivity index (χ4n) is 2.53. The summed E-state index contributed by atoms with van der Waals surface area (Å²) in [6.45, 7) is 0. The van der Waals surface area contributed by atoms with Crippen LogP contribution in [0.25, 0.3) is 0 Å². The van der Waals surface area contributed by atoms with Crippen molar-refractivity contribution < 1.29 is 24.6 Å². The fraction of sp³-hybridized carbons (Fsp3) is 0.786. The summed E-state index contributed by atoms with van der Waals surface area (Å²) in [4.78, 5) is 33.6. The Labute approximate surface area is 118 Å². The number of rotatable bonds is 6. The summed E-state index contributed by atoms with van der Waals surface area (Å²) in [5.74, 6) is -2.62. The van der Waals surface area contributed by atoms with Crippen LogP contribution in [-0.2, 0) is 14.4 Å². The van der Waals surface area contributed by atoms with Crippen LogP contribution >= 0.6 is 0 Å². The lowest BCUT2D eigenvalue weighted by atomic mass is 9.90. The molecule has 1 rings (SSSR count). The number of aliphatic carboxylic acids is 2. The summed E-state index contributed by atoms with van der Waals surface area (Å²) in [6, 6.07) is -1.11. The molecule has 0 saturated heterocycles. The Hall–Kier alpha value is -1.59. The third kappa shape index (κ3) is 6.04. The van der Waals surface area contributed by atoms with E-state index in [-0.39, 0.29) is 24.7 Å². The van der Waals surface area contributed by atoms with Crippen LogP contribution in [0.15, 0.2) is 0 Å². The average molecular weight is 285 g/mol. The molecule has 1 saturated carbocycles. The van der Waals surface area contributed by atoms with Gasteiger partial charge in [-0.2, -0.15) is 0 Å². The molecule has 0 aromatic heterocycles. The summed E-state index contributed by atoms with van der Waals surface area (Å²) < 4.78 is 0. The first kappa shape index (κ1) is 16.5. The number of amides is 1. The Bertz CT molecular complexity index is 347. The van der Waals surface area contributed by atoms with Crippen LogP contribution in [0.1, 0.15) is 57.8 Å². The highest BCUT2D eigenvalue weighted by Crippen LogP contribution is 2.22. The van der Waals surface area contributed by atoms with Crippen LogP contribution in [0.3, 0.4) is 0 Å². The molecule has 0 spiro atoms. The molecule has 0 aliphatic heterocycles. The third-order valence-electron chi connectivity index (χ3n) is 3.74. The summed E-state index contributed by atoms with van der Waals surface area (Å²) in [7, 11) is 0. The first-order chi connectivity index (χ1) is 9.50. The molecule has 0 aromatic carbocycles. The number of carboxylic acids is 2. The van der Waals surface area contributed by atoms with Gasteiger partial charge in [-0.3, -0.25) is 9.59 Å². The molecule has 20 heavy (non-hydrogen) atoms. The molecule has 0 aromatic rings. The molecule has 1 amide bonds. The van der Waals surface area contributed by atoms with Gasteiger partial charge in [-0.15, -0.1) is 0 Å². The number of nitrogens with one attached hydrogen (secondary N) is 1. The summed E-state index contributed by atoms with van der Waals surface area (Å²) in [5, 5.41) is 20.1. The zero-order chi connectivity index (χ0) is 15.0. The minimum absolute atomic E-state index is 0.0802. The minimum atomic E-state index is -1.18. The van der Waals surface area contributed by atoms with Crippen molar-refractivity contribution in [2.45, 2.75) is 63.8 Å². The van der Waals surface area contributed by atoms with E-state index in [0.29, 0.717) is 0 Å². The second-order valence-electron chi connectivity index (χ2n) is 5.37. The second kappa shape index (κ2) is 8.55. The highest BCUT2D eigenvalue weighted by molar-refractivity contribution is 5.85. The molecule has 1 aliphatic rings. The first-order valence-electron chi connectivity index (χ1n) is 7.25. The van der Waals surface area contributed by atoms with E-state index < -0.39 is 18.0 Å². The smallest absolute Gasteiger partial charge is 0.326 e. The summed E-state index contributed by atoms with van der Waals surface area (Å²) >= 11 is 0. The fourth-order valence-corrected chi connectivity index (χ4v) is 2.53. The van der Waals surface area contributed by atoms with E-state index in [1.807, 2.05) is 0 Å². The Balaban J connectivity index is 2.50. The summed E-state index contributed by atoms with van der Waals surface area (Å²) in [6.07, 6.45) is 6.65. The second-order valence-corrected chi connectivity index (χ2v) is 5.37. The maximum Gasteiger partial charge on any atom is 0.326 e. The van der Waals surface area contributed by atoms with E-state index in [9.17, 15) is 14.4 Å². The standard InChI is InChI=1S/C14H23NO5/c16-12(17)9-8-11(14(19)20)15-13(18)10-6-4-2-1-3-5-7-10/h10-11H,1-9H2,(H,15,18)(H,16,17)(H,19,20). The minimum Gasteiger partial charge on any atom is -0.481 e. The molecule has 0 radical (unpaired) electrons. The maximum absolute atomic E-state index is 12.1. The first-order valence-corrected chi connectivity index (χ1v) is 7.25. The van der Waals surface area contributed by atoms with E-state index in [2.05, 4.69) is 5.32 Å². The average Bonchev–Trinajstić information content (AvgIpc) is 2.33. The number of carbonyl (C=O) groups excluding carboxylic acids is 1. The topological polar surface area (TPSA) is 104 Å². The van der Waals surface area contributed by atoms with Crippen molar-refractivity contribution in [1.82, 2.24) is 5.32 Å². The normalized spacial score (nSPS) is 18.6. The van der Waals surface area contributed by atoms with Crippen LogP contribution < -0.4 is 5.32 Å². The SMILES string of the molecule is O=C(O)CCC(NC(=O)C1CCCCCCC1)C(=O)O. The number of carboxylic acid groups (broad SMARTS) is 2. The van der Waals surface area contributed by atoms with Gasteiger partial charge in [0.05, 0.1) is 0 Å². The van der Waals surface area contributed by atoms with E-state index in [0.717, 1.165) is 38.5 Å². The van der Waals surface area contributed by atoms with Gasteiger partial charge in [-0.25, -0.2) is 4.79 Å². The van der Waals surface area contributed by atoms with Crippen molar-refractivity contribution in [3.05, 3.63) is 0 Å². The van der Waals surface area contributed by atoms with Crippen molar-refractivity contribution >= 4 is 17.8 Å². The quantitative estimate of drug-likeness (QED) is 0.690. The largest absolute Gasteiger partial charge is 0.481 e. The molecule has 6 heteroatoms. The zero-order valence-electron chi connectivity index (χ0n) is 11.6. The summed E-state index contributed by atoms with van der Waals surface area (Å²) in [5.41, 5.74) is 0. The lowest BCUT2D eigenvalue weighted by molar-refractivity contribution is -0.143. The van der Waals surface area contributed by atoms with Gasteiger partial charge in [0.15, 0.2) is 0 Å². The monoisotopic (exact) mass is 285 g/mol. The Morgan fingerprint density at radius 3 is 2.05 bits per heavy atom. The third-order valence-corrected chi connectivity index (χ3v) is 3.74. The Morgan fingerprint density at radius 1 is 1.00 bits per heavy atom. The van der Waals surface area contributed by atoms with Crippen molar-refractivity contribution in [3.8, 4) is 0 Å². The highest BCUT2D eigenvalue weighted by atomic mass is 16.4. The van der Waals surface area contributed by atoms with Crippen molar-refractivity contribution in [2.24, 2.45) is 5.92 Å². The van der Waals surface area contributed by atoms with E-state index in [1.165, 1.54) is 6.42 Å². The van der Waals surface area contributed by atoms with Gasteiger partial charge in [-0.05, 0) is 19.3 Å². The predicted molar refractivity (Wildman–Crippen MR) is 72.2 cm³/mol. The zero-order valence-corrected chi connectivity index (χ0v) is 11.6. The number of carbonyl (C=O) groups is 3. The molecular weight excluding hydrogens is 262 g/mol. The molecular formula is C14H23NO5. The van der Waals surface area contributed by atoms with Crippen molar-refractivity contribution in [2.75, 3.05) is 0 Å². The highest BCUT2D eigenvalue weighted by Gasteiger charge is 2.25. The van der Waals surface area contributed by atoms with Crippen molar-refractivity contribution in [1.29, 1.82) is 0 Å². The molecule has 0 heterocycles. The van der Waals surface area contributed by atoms with Gasteiger partial charge in [0.25, 0.3) is 0 Å². The van der Waals surface area contributed by atoms with Crippen LogP contribution in [0.5, 0.6) is 0 Å². The van der Waals surface area contributed by atoms with Crippen LogP contribution in [0, 0.1) is 5.92 Å². The van der Waals surface area contributed by atoms with E-state index in [1.54, 1.807) is 0 Å². The van der Waals surface area contributed by atoms with Gasteiger partial charge in [0, 0.05) is 12.3 Å². The lowest BCUT2D eigenvalue weighted by Crippen LogP contribution is -2.44. The van der Waals surface area contributed by atoms with Gasteiger partial charge >= 0.3 is 11.9 Å². The van der Waals surface area contributed by atoms with Gasteiger partial charge in [0.1, 0.15) is 6.04 Å².